The lowest BCUT2D eigenvalue weighted by Gasteiger charge is -2.23. The summed E-state index contributed by atoms with van der Waals surface area (Å²) < 4.78 is 10.5. The fraction of sp³-hybridized carbons (Fsp3) is 0.579. The van der Waals surface area contributed by atoms with Crippen LogP contribution in [0.2, 0.25) is 0 Å². The molecule has 0 atom stereocenters. The summed E-state index contributed by atoms with van der Waals surface area (Å²) in [5, 5.41) is 2.91. The van der Waals surface area contributed by atoms with Gasteiger partial charge in [0.05, 0.1) is 20.6 Å². The molecule has 1 saturated heterocycles. The normalized spacial score (nSPS) is 14.8. The Bertz CT molecular complexity index is 633. The molecule has 144 valence electrons. The Kier molecular flexibility index (Phi) is 7.12. The van der Waals surface area contributed by atoms with E-state index in [0.717, 1.165) is 12.0 Å². The first-order chi connectivity index (χ1) is 12.4. The molecule has 1 aliphatic rings. The lowest BCUT2D eigenvalue weighted by atomic mass is 10.1. The molecule has 1 aromatic carbocycles. The fourth-order valence-electron chi connectivity index (χ4n) is 2.99. The van der Waals surface area contributed by atoms with Gasteiger partial charge in [-0.1, -0.05) is 6.07 Å². The van der Waals surface area contributed by atoms with Crippen LogP contribution in [0.15, 0.2) is 18.2 Å². The number of ether oxygens (including phenoxy) is 2. The number of amides is 3. The summed E-state index contributed by atoms with van der Waals surface area (Å²) >= 11 is 0. The number of rotatable bonds is 5. The van der Waals surface area contributed by atoms with Crippen LogP contribution in [0, 0.1) is 0 Å². The van der Waals surface area contributed by atoms with Crippen LogP contribution in [-0.2, 0) is 11.2 Å². The lowest BCUT2D eigenvalue weighted by molar-refractivity contribution is -0.130. The van der Waals surface area contributed by atoms with Crippen molar-refractivity contribution in [3.63, 3.8) is 0 Å². The summed E-state index contributed by atoms with van der Waals surface area (Å²) in [7, 11) is 3.16. The maximum absolute atomic E-state index is 12.7. The molecule has 2 rings (SSSR count). The summed E-state index contributed by atoms with van der Waals surface area (Å²) in [6.45, 7) is 6.31. The van der Waals surface area contributed by atoms with Gasteiger partial charge in [0.15, 0.2) is 11.5 Å². The van der Waals surface area contributed by atoms with Crippen molar-refractivity contribution in [3.05, 3.63) is 23.8 Å². The molecule has 7 nitrogen and oxygen atoms in total. The van der Waals surface area contributed by atoms with E-state index in [1.807, 2.05) is 36.9 Å². The average Bonchev–Trinajstić information content (AvgIpc) is 2.87. The number of urea groups is 1. The highest BCUT2D eigenvalue weighted by Gasteiger charge is 2.22. The van der Waals surface area contributed by atoms with E-state index < -0.39 is 0 Å². The van der Waals surface area contributed by atoms with Crippen molar-refractivity contribution in [1.82, 2.24) is 15.1 Å². The standard InChI is InChI=1S/C19H29N3O4/c1-14(2)20-19(24)22-9-5-8-21(10-11-22)18(23)13-15-6-7-16(25-3)17(12-15)26-4/h6-7,12,14H,5,8-11,13H2,1-4H3,(H,20,24). The van der Waals surface area contributed by atoms with Gasteiger partial charge in [0.25, 0.3) is 0 Å². The van der Waals surface area contributed by atoms with Gasteiger partial charge >= 0.3 is 6.03 Å². The fourth-order valence-corrected chi connectivity index (χ4v) is 2.99. The van der Waals surface area contributed by atoms with Crippen molar-refractivity contribution in [3.8, 4) is 11.5 Å². The van der Waals surface area contributed by atoms with Gasteiger partial charge in [0.2, 0.25) is 5.91 Å². The highest BCUT2D eigenvalue weighted by molar-refractivity contribution is 5.79. The molecule has 7 heteroatoms. The third-order valence-corrected chi connectivity index (χ3v) is 4.35. The summed E-state index contributed by atoms with van der Waals surface area (Å²) in [6, 6.07) is 5.56. The Balaban J connectivity index is 1.95. The van der Waals surface area contributed by atoms with Gasteiger partial charge in [-0.3, -0.25) is 4.79 Å². The SMILES string of the molecule is COc1ccc(CC(=O)N2CCCN(C(=O)NC(C)C)CC2)cc1OC. The average molecular weight is 363 g/mol. The summed E-state index contributed by atoms with van der Waals surface area (Å²) in [4.78, 5) is 28.4. The number of methoxy groups -OCH3 is 2. The largest absolute Gasteiger partial charge is 0.493 e. The Morgan fingerprint density at radius 1 is 1.04 bits per heavy atom. The third kappa shape index (κ3) is 5.28. The number of nitrogens with zero attached hydrogens (tertiary/aromatic N) is 2. The molecule has 1 aliphatic heterocycles. The molecule has 0 unspecified atom stereocenters. The Hall–Kier alpha value is -2.44. The maximum Gasteiger partial charge on any atom is 0.317 e. The number of nitrogens with one attached hydrogen (secondary N) is 1. The molecule has 1 fully saturated rings. The molecular weight excluding hydrogens is 334 g/mol. The highest BCUT2D eigenvalue weighted by Crippen LogP contribution is 2.27. The molecule has 1 N–H and O–H groups in total. The van der Waals surface area contributed by atoms with Crippen LogP contribution in [0.1, 0.15) is 25.8 Å². The van der Waals surface area contributed by atoms with Crippen LogP contribution in [0.25, 0.3) is 0 Å². The zero-order valence-electron chi connectivity index (χ0n) is 16.1. The molecule has 3 amide bonds. The number of hydrogen-bond donors (Lipinski definition) is 1. The first kappa shape index (κ1) is 19.9. The minimum atomic E-state index is -0.0609. The van der Waals surface area contributed by atoms with Gasteiger partial charge in [-0.2, -0.15) is 0 Å². The van der Waals surface area contributed by atoms with E-state index >= 15 is 0 Å². The first-order valence-corrected chi connectivity index (χ1v) is 8.98. The smallest absolute Gasteiger partial charge is 0.317 e. The van der Waals surface area contributed by atoms with E-state index in [-0.39, 0.29) is 18.0 Å². The van der Waals surface area contributed by atoms with Gasteiger partial charge in [0.1, 0.15) is 0 Å². The third-order valence-electron chi connectivity index (χ3n) is 4.35. The van der Waals surface area contributed by atoms with Crippen molar-refractivity contribution >= 4 is 11.9 Å². The second-order valence-electron chi connectivity index (χ2n) is 6.69. The van der Waals surface area contributed by atoms with Gasteiger partial charge in [-0.15, -0.1) is 0 Å². The zero-order valence-corrected chi connectivity index (χ0v) is 16.1. The lowest BCUT2D eigenvalue weighted by Crippen LogP contribution is -2.45. The quantitative estimate of drug-likeness (QED) is 0.867. The first-order valence-electron chi connectivity index (χ1n) is 8.98. The Morgan fingerprint density at radius 3 is 2.35 bits per heavy atom. The van der Waals surface area contributed by atoms with E-state index in [1.54, 1.807) is 19.1 Å². The van der Waals surface area contributed by atoms with Gasteiger partial charge in [-0.05, 0) is 38.0 Å². The van der Waals surface area contributed by atoms with E-state index in [9.17, 15) is 9.59 Å². The molecule has 26 heavy (non-hydrogen) atoms. The summed E-state index contributed by atoms with van der Waals surface area (Å²) in [5.74, 6) is 1.32. The Labute approximate surface area is 155 Å². The predicted octanol–water partition coefficient (Wildman–Crippen LogP) is 1.90. The van der Waals surface area contributed by atoms with Gasteiger partial charge < -0.3 is 24.6 Å². The Morgan fingerprint density at radius 2 is 1.69 bits per heavy atom. The van der Waals surface area contributed by atoms with E-state index in [0.29, 0.717) is 44.1 Å². The van der Waals surface area contributed by atoms with Crippen LogP contribution in [0.3, 0.4) is 0 Å². The molecule has 0 radical (unpaired) electrons. The van der Waals surface area contributed by atoms with Crippen LogP contribution in [-0.4, -0.2) is 68.2 Å². The minimum absolute atomic E-state index is 0.0586. The van der Waals surface area contributed by atoms with Crippen molar-refractivity contribution in [2.24, 2.45) is 0 Å². The van der Waals surface area contributed by atoms with Crippen molar-refractivity contribution in [2.75, 3.05) is 40.4 Å². The summed E-state index contributed by atoms with van der Waals surface area (Å²) in [5.41, 5.74) is 0.881. The molecule has 0 aromatic heterocycles. The van der Waals surface area contributed by atoms with E-state index in [1.165, 1.54) is 0 Å². The molecule has 0 saturated carbocycles. The van der Waals surface area contributed by atoms with Gasteiger partial charge in [0, 0.05) is 32.2 Å². The van der Waals surface area contributed by atoms with Crippen molar-refractivity contribution in [2.45, 2.75) is 32.7 Å². The number of benzene rings is 1. The molecule has 1 aromatic rings. The summed E-state index contributed by atoms with van der Waals surface area (Å²) in [6.07, 6.45) is 1.09. The maximum atomic E-state index is 12.7. The van der Waals surface area contributed by atoms with E-state index in [4.69, 9.17) is 9.47 Å². The van der Waals surface area contributed by atoms with Crippen LogP contribution >= 0.6 is 0 Å². The molecule has 1 heterocycles. The molecule has 0 aliphatic carbocycles. The molecule has 0 bridgehead atoms. The number of carbonyl (C=O) groups excluding carboxylic acids is 2. The van der Waals surface area contributed by atoms with Crippen LogP contribution < -0.4 is 14.8 Å². The molecule has 0 spiro atoms. The minimum Gasteiger partial charge on any atom is -0.493 e. The monoisotopic (exact) mass is 363 g/mol. The predicted molar refractivity (Wildman–Crippen MR) is 99.7 cm³/mol. The second-order valence-corrected chi connectivity index (χ2v) is 6.69. The van der Waals surface area contributed by atoms with Crippen LogP contribution in [0.5, 0.6) is 11.5 Å². The second kappa shape index (κ2) is 9.31. The van der Waals surface area contributed by atoms with Gasteiger partial charge in [-0.25, -0.2) is 4.79 Å². The topological polar surface area (TPSA) is 71.1 Å². The van der Waals surface area contributed by atoms with E-state index in [2.05, 4.69) is 5.32 Å². The molecular formula is C19H29N3O4. The number of carbonyl (C=O) groups is 2. The highest BCUT2D eigenvalue weighted by atomic mass is 16.5. The zero-order chi connectivity index (χ0) is 19.1. The van der Waals surface area contributed by atoms with Crippen molar-refractivity contribution in [1.29, 1.82) is 0 Å². The van der Waals surface area contributed by atoms with Crippen molar-refractivity contribution < 1.29 is 19.1 Å². The number of hydrogen-bond acceptors (Lipinski definition) is 4. The van der Waals surface area contributed by atoms with Crippen LogP contribution in [0.4, 0.5) is 4.79 Å².